The molecular weight excluding hydrogens is 878 g/mol. The average Bonchev–Trinajstić information content (AvgIpc) is 3.86. The fourth-order valence-corrected chi connectivity index (χ4v) is 9.17. The first-order valence-electron chi connectivity index (χ1n) is 24.9. The van der Waals surface area contributed by atoms with Gasteiger partial charge in [0.15, 0.2) is 0 Å². The Morgan fingerprint density at radius 1 is 0.783 bits per heavy atom. The summed E-state index contributed by atoms with van der Waals surface area (Å²) >= 11 is 0. The van der Waals surface area contributed by atoms with Crippen LogP contribution >= 0.6 is 0 Å². The molecule has 4 heterocycles. The minimum atomic E-state index is -4.37. The number of pyridine rings is 1. The minimum Gasteiger partial charge on any atom is -0.494 e. The lowest BCUT2D eigenvalue weighted by Crippen LogP contribution is -2.36. The van der Waals surface area contributed by atoms with Gasteiger partial charge in [0.1, 0.15) is 23.8 Å². The average molecular weight is 947 g/mol. The normalized spacial score (nSPS) is 13.4. The molecule has 1 aliphatic heterocycles. The molecule has 7 rings (SSSR count). The zero-order valence-corrected chi connectivity index (χ0v) is 40.6. The van der Waals surface area contributed by atoms with Gasteiger partial charge >= 0.3 is 6.18 Å². The number of halogens is 3. The molecule has 0 amide bonds. The number of aromatic nitrogens is 3. The lowest BCUT2D eigenvalue weighted by Gasteiger charge is -2.30. The monoisotopic (exact) mass is 947 g/mol. The van der Waals surface area contributed by atoms with Crippen LogP contribution in [0.15, 0.2) is 100 Å². The Morgan fingerprint density at radius 3 is 2.09 bits per heavy atom. The number of likely N-dealkylation sites (tertiary alicyclic amines) is 1. The number of alkyl halides is 3. The van der Waals surface area contributed by atoms with E-state index in [-0.39, 0.29) is 11.6 Å². The highest BCUT2D eigenvalue weighted by Crippen LogP contribution is 2.32. The number of benzene rings is 3. The van der Waals surface area contributed by atoms with Crippen molar-refractivity contribution in [3.63, 3.8) is 0 Å². The number of aryl methyl sites for hydroxylation is 2. The molecule has 0 bridgehead atoms. The van der Waals surface area contributed by atoms with Crippen molar-refractivity contribution in [3.8, 4) is 34.5 Å². The van der Waals surface area contributed by atoms with Crippen molar-refractivity contribution in [2.45, 2.75) is 129 Å². The molecule has 0 radical (unpaired) electrons. The molecule has 3 aromatic carbocycles. The number of fused-ring (bicyclic) bond motifs is 1. The second-order valence-corrected chi connectivity index (χ2v) is 18.5. The highest BCUT2D eigenvalue weighted by molar-refractivity contribution is 5.94. The van der Waals surface area contributed by atoms with E-state index < -0.39 is 12.7 Å². The van der Waals surface area contributed by atoms with Crippen LogP contribution in [0, 0.1) is 25.7 Å². The maximum Gasteiger partial charge on any atom is 0.406 e. The first-order chi connectivity index (χ1) is 33.5. The molecule has 0 spiro atoms. The van der Waals surface area contributed by atoms with E-state index in [0.29, 0.717) is 37.5 Å². The van der Waals surface area contributed by atoms with Crippen LogP contribution in [0.1, 0.15) is 113 Å². The molecule has 10 nitrogen and oxygen atoms in total. The van der Waals surface area contributed by atoms with Crippen LogP contribution in [-0.4, -0.2) is 71.3 Å². The molecular formula is C56H69F3N6O4. The van der Waals surface area contributed by atoms with Crippen molar-refractivity contribution >= 4 is 22.3 Å². The van der Waals surface area contributed by atoms with E-state index in [9.17, 15) is 18.0 Å². The van der Waals surface area contributed by atoms with Crippen molar-refractivity contribution in [2.24, 2.45) is 0 Å². The smallest absolute Gasteiger partial charge is 0.406 e. The van der Waals surface area contributed by atoms with Gasteiger partial charge in [0.2, 0.25) is 0 Å². The van der Waals surface area contributed by atoms with Crippen LogP contribution in [-0.2, 0) is 13.1 Å². The van der Waals surface area contributed by atoms with Crippen molar-refractivity contribution in [1.29, 1.82) is 0 Å². The summed E-state index contributed by atoms with van der Waals surface area (Å²) in [6.45, 7) is 6.79. The number of nitrogens with zero attached hydrogens (tertiary/aromatic N) is 4. The second kappa shape index (κ2) is 25.5. The van der Waals surface area contributed by atoms with Gasteiger partial charge in [-0.2, -0.15) is 13.2 Å². The summed E-state index contributed by atoms with van der Waals surface area (Å²) in [5.74, 6) is 8.43. The fourth-order valence-electron chi connectivity index (χ4n) is 9.17. The molecule has 3 aromatic heterocycles. The fraction of sp³-hybridized carbons (Fsp3) is 0.464. The number of unbranched alkanes of at least 4 members (excludes halogenated alkanes) is 11. The standard InChI is InChI=1S/C56H69F3N6O4/c1-42-55(43(2)69-62-42)45-24-29-54(66)64(40-45)39-44-19-16-21-50(37-44)68-36-15-13-11-9-7-5-4-6-8-10-12-14-35-67-49-27-25-46(26-28-49)60-32-18-20-48-38-51-52(61-47-30-33-63(3)34-31-47)22-17-23-53(51)65(48)41-56(57,58)59/h16-17,19,21-29,37-38,40,47,60-61H,4-15,30-36,39,41H2,1-3H3. The molecule has 1 saturated heterocycles. The summed E-state index contributed by atoms with van der Waals surface area (Å²) in [5, 5.41) is 11.7. The Bertz CT molecular complexity index is 2630. The minimum absolute atomic E-state index is 0.0585. The molecule has 368 valence electrons. The Balaban J connectivity index is 0.703. The zero-order chi connectivity index (χ0) is 48.4. The van der Waals surface area contributed by atoms with Crippen LogP contribution in [0.25, 0.3) is 22.0 Å². The van der Waals surface area contributed by atoms with Gasteiger partial charge in [-0.1, -0.05) is 93.5 Å². The topological polar surface area (TPSA) is 98.7 Å². The first-order valence-corrected chi connectivity index (χ1v) is 24.9. The zero-order valence-electron chi connectivity index (χ0n) is 40.6. The number of anilines is 2. The predicted octanol–water partition coefficient (Wildman–Crippen LogP) is 12.8. The van der Waals surface area contributed by atoms with E-state index in [4.69, 9.17) is 14.0 Å². The van der Waals surface area contributed by atoms with Crippen molar-refractivity contribution in [3.05, 3.63) is 124 Å². The largest absolute Gasteiger partial charge is 0.494 e. The number of rotatable bonds is 25. The van der Waals surface area contributed by atoms with E-state index in [0.717, 1.165) is 108 Å². The van der Waals surface area contributed by atoms with E-state index in [1.54, 1.807) is 22.8 Å². The molecule has 1 aliphatic rings. The number of hydrogen-bond acceptors (Lipinski definition) is 8. The number of piperidine rings is 1. The molecule has 2 N–H and O–H groups in total. The van der Waals surface area contributed by atoms with Gasteiger partial charge in [0.25, 0.3) is 5.56 Å². The molecule has 1 fully saturated rings. The highest BCUT2D eigenvalue weighted by atomic mass is 19.4. The Kier molecular flexibility index (Phi) is 18.7. The van der Waals surface area contributed by atoms with Crippen LogP contribution in [0.3, 0.4) is 0 Å². The summed E-state index contributed by atoms with van der Waals surface area (Å²) in [5.41, 5.74) is 6.19. The first kappa shape index (κ1) is 50.7. The number of ether oxygens (including phenoxy) is 2. The van der Waals surface area contributed by atoms with Crippen LogP contribution in [0.4, 0.5) is 24.5 Å². The quantitative estimate of drug-likeness (QED) is 0.0433. The number of nitrogens with one attached hydrogen (secondary N) is 2. The van der Waals surface area contributed by atoms with Gasteiger partial charge in [0, 0.05) is 46.2 Å². The van der Waals surface area contributed by atoms with Gasteiger partial charge in [-0.05, 0) is 132 Å². The SMILES string of the molecule is Cc1noc(C)c1-c1ccc(=O)n(Cc2cccc(OCCCCCCCCCCCCCCOc3ccc(NCC#Cc4cc5c(NC6CCN(C)CC6)cccc5n4CC(F)(F)F)cc3)c2)c1. The molecule has 0 atom stereocenters. The third-order valence-corrected chi connectivity index (χ3v) is 12.9. The van der Waals surface area contributed by atoms with Crippen LogP contribution in [0.2, 0.25) is 0 Å². The summed E-state index contributed by atoms with van der Waals surface area (Å²) in [7, 11) is 2.11. The van der Waals surface area contributed by atoms with E-state index in [1.807, 2.05) is 86.8 Å². The third kappa shape index (κ3) is 15.7. The van der Waals surface area contributed by atoms with Gasteiger partial charge in [0.05, 0.1) is 43.2 Å². The van der Waals surface area contributed by atoms with Crippen molar-refractivity contribution < 1.29 is 27.2 Å². The van der Waals surface area contributed by atoms with Crippen LogP contribution < -0.4 is 25.7 Å². The maximum absolute atomic E-state index is 13.7. The molecule has 0 saturated carbocycles. The van der Waals surface area contributed by atoms with Gasteiger partial charge in [-0.3, -0.25) is 4.79 Å². The highest BCUT2D eigenvalue weighted by Gasteiger charge is 2.30. The lowest BCUT2D eigenvalue weighted by atomic mass is 10.0. The van der Waals surface area contributed by atoms with E-state index in [2.05, 4.69) is 39.6 Å². The van der Waals surface area contributed by atoms with Gasteiger partial charge in [-0.15, -0.1) is 0 Å². The molecule has 0 aliphatic carbocycles. The third-order valence-electron chi connectivity index (χ3n) is 12.9. The second-order valence-electron chi connectivity index (χ2n) is 18.5. The van der Waals surface area contributed by atoms with Gasteiger partial charge < -0.3 is 38.7 Å². The molecule has 13 heteroatoms. The predicted molar refractivity (Wildman–Crippen MR) is 272 cm³/mol. The van der Waals surface area contributed by atoms with Crippen molar-refractivity contribution in [1.82, 2.24) is 19.2 Å². The summed E-state index contributed by atoms with van der Waals surface area (Å²) < 4.78 is 61.5. The molecule has 0 unspecified atom stereocenters. The summed E-state index contributed by atoms with van der Waals surface area (Å²) in [6.07, 6.45) is 14.0. The molecule has 69 heavy (non-hydrogen) atoms. The maximum atomic E-state index is 13.7. The summed E-state index contributed by atoms with van der Waals surface area (Å²) in [4.78, 5) is 14.9. The Labute approximate surface area is 405 Å². The van der Waals surface area contributed by atoms with E-state index >= 15 is 0 Å². The lowest BCUT2D eigenvalue weighted by molar-refractivity contribution is -0.140. The van der Waals surface area contributed by atoms with Crippen molar-refractivity contribution in [2.75, 3.05) is 50.5 Å². The van der Waals surface area contributed by atoms with E-state index in [1.165, 1.54) is 55.9 Å². The van der Waals surface area contributed by atoms with Gasteiger partial charge in [-0.25, -0.2) is 0 Å². The Hall–Kier alpha value is -6.13. The van der Waals surface area contributed by atoms with Crippen LogP contribution in [0.5, 0.6) is 11.5 Å². The molecule has 6 aromatic rings. The number of hydrogen-bond donors (Lipinski definition) is 2. The Morgan fingerprint density at radius 2 is 1.43 bits per heavy atom. The summed E-state index contributed by atoms with van der Waals surface area (Å²) in [6, 6.07) is 26.7.